The van der Waals surface area contributed by atoms with Gasteiger partial charge in [0.1, 0.15) is 42.5 Å². The molecule has 0 unspecified atom stereocenters. The molecule has 1 rings (SSSR count). The van der Waals surface area contributed by atoms with Gasteiger partial charge in [-0.3, -0.25) is 16.7 Å². The minimum absolute atomic E-state index is 0.296. The molecule has 0 aliphatic carbocycles. The molecule has 0 amide bonds. The molecular formula is C14H16O20S4-4. The highest BCUT2D eigenvalue weighted by Gasteiger charge is 2.21. The maximum atomic E-state index is 12.1. The molecule has 0 fully saturated rings. The van der Waals surface area contributed by atoms with Crippen LogP contribution >= 0.6 is 0 Å². The van der Waals surface area contributed by atoms with Gasteiger partial charge in [0.05, 0.1) is 20.3 Å². The summed E-state index contributed by atoms with van der Waals surface area (Å²) in [6.07, 6.45) is -3.92. The lowest BCUT2D eigenvalue weighted by Gasteiger charge is -2.22. The van der Waals surface area contributed by atoms with E-state index >= 15 is 0 Å². The van der Waals surface area contributed by atoms with Crippen LogP contribution in [0.25, 0.3) is 0 Å². The van der Waals surface area contributed by atoms with E-state index in [4.69, 9.17) is 9.47 Å². The summed E-state index contributed by atoms with van der Waals surface area (Å²) < 4.78 is 159. The van der Waals surface area contributed by atoms with Gasteiger partial charge in [-0.2, -0.15) is 0 Å². The molecule has 0 aromatic heterocycles. The van der Waals surface area contributed by atoms with Crippen LogP contribution in [0.15, 0.2) is 18.2 Å². The highest BCUT2D eigenvalue weighted by atomic mass is 32.3. The van der Waals surface area contributed by atoms with Crippen LogP contribution in [0.4, 0.5) is 0 Å². The first-order chi connectivity index (χ1) is 17.2. The third-order valence-corrected chi connectivity index (χ3v) is 5.39. The van der Waals surface area contributed by atoms with Gasteiger partial charge in [-0.25, -0.2) is 38.5 Å². The lowest BCUT2D eigenvalue weighted by molar-refractivity contribution is 0.0572. The standard InChI is InChI=1S/C14H20O20S4/c1-28-14(15)12-4-9(29-5-10(33-37(22,23)24)7-31-35(16,17)18)2-3-13(12)30-6-11(34-38(25,26)27)8-32-36(19,20)21/h2-4,10-11H,5-8H2,1H3,(H,16,17,18)(H,19,20,21)(H,22,23,24)(H,25,26,27)/p-4/t10-,11+/m1/s1. The lowest BCUT2D eigenvalue weighted by Crippen LogP contribution is -2.31. The van der Waals surface area contributed by atoms with E-state index < -0.39 is 97.5 Å². The van der Waals surface area contributed by atoms with Gasteiger partial charge < -0.3 is 32.4 Å². The zero-order chi connectivity index (χ0) is 29.4. The van der Waals surface area contributed by atoms with E-state index in [2.05, 4.69) is 21.5 Å². The molecule has 0 N–H and O–H groups in total. The number of rotatable bonds is 17. The molecular weight excluding hydrogens is 616 g/mol. The van der Waals surface area contributed by atoms with Crippen LogP contribution in [-0.2, 0) is 63.1 Å². The van der Waals surface area contributed by atoms with Crippen LogP contribution in [0.5, 0.6) is 11.5 Å². The van der Waals surface area contributed by atoms with Gasteiger partial charge in [0.2, 0.25) is 41.6 Å². The normalized spacial score (nSPS) is 14.4. The monoisotopic (exact) mass is 632 g/mol. The fourth-order valence-corrected chi connectivity index (χ4v) is 3.75. The van der Waals surface area contributed by atoms with Crippen molar-refractivity contribution >= 4 is 47.6 Å². The summed E-state index contributed by atoms with van der Waals surface area (Å²) in [6.45, 7) is -4.41. The van der Waals surface area contributed by atoms with Crippen LogP contribution in [0.2, 0.25) is 0 Å². The molecule has 0 bridgehead atoms. The Labute approximate surface area is 216 Å². The van der Waals surface area contributed by atoms with Crippen LogP contribution in [0, 0.1) is 0 Å². The molecule has 1 aromatic rings. The molecule has 0 saturated heterocycles. The second-order valence-electron chi connectivity index (χ2n) is 6.41. The van der Waals surface area contributed by atoms with Crippen molar-refractivity contribution in [3.8, 4) is 11.5 Å². The van der Waals surface area contributed by atoms with Gasteiger partial charge in [-0.15, -0.1) is 0 Å². The minimum atomic E-state index is -5.44. The topological polar surface area (TPSA) is 310 Å². The average Bonchev–Trinajstić information content (AvgIpc) is 2.74. The summed E-state index contributed by atoms with van der Waals surface area (Å²) in [5, 5.41) is 0. The van der Waals surface area contributed by atoms with Crippen LogP contribution in [0.1, 0.15) is 10.4 Å². The summed E-state index contributed by atoms with van der Waals surface area (Å²) in [7, 11) is -20.6. The Bertz CT molecular complexity index is 1380. The van der Waals surface area contributed by atoms with E-state index in [-0.39, 0.29) is 5.75 Å². The molecule has 0 aliphatic heterocycles. The quantitative estimate of drug-likeness (QED) is 0.0930. The van der Waals surface area contributed by atoms with Gasteiger partial charge in [0.25, 0.3) is 0 Å². The highest BCUT2D eigenvalue weighted by Crippen LogP contribution is 2.26. The zero-order valence-corrected chi connectivity index (χ0v) is 21.8. The van der Waals surface area contributed by atoms with Gasteiger partial charge in [-0.1, -0.05) is 0 Å². The number of carbonyl (C=O) groups excluding carboxylic acids is 1. The Morgan fingerprint density at radius 3 is 1.55 bits per heavy atom. The molecule has 2 atom stereocenters. The summed E-state index contributed by atoms with van der Waals surface area (Å²) in [5.41, 5.74) is -0.474. The number of benzene rings is 1. The van der Waals surface area contributed by atoms with Crippen molar-refractivity contribution in [2.75, 3.05) is 33.5 Å². The van der Waals surface area contributed by atoms with E-state index in [1.807, 2.05) is 0 Å². The third kappa shape index (κ3) is 15.2. The maximum absolute atomic E-state index is 12.1. The summed E-state index contributed by atoms with van der Waals surface area (Å²) in [4.78, 5) is 12.1. The molecule has 0 saturated carbocycles. The minimum Gasteiger partial charge on any atom is -0.726 e. The largest absolute Gasteiger partial charge is 0.726 e. The fourth-order valence-electron chi connectivity index (χ4n) is 2.23. The molecule has 24 heteroatoms. The van der Waals surface area contributed by atoms with Crippen molar-refractivity contribution < 1.29 is 87.6 Å². The summed E-state index contributed by atoms with van der Waals surface area (Å²) in [5.74, 6) is -1.83. The Morgan fingerprint density at radius 1 is 0.711 bits per heavy atom. The molecule has 20 nitrogen and oxygen atoms in total. The van der Waals surface area contributed by atoms with E-state index in [0.717, 1.165) is 25.3 Å². The Hall–Kier alpha value is -2.23. The summed E-state index contributed by atoms with van der Waals surface area (Å²) >= 11 is 0. The van der Waals surface area contributed by atoms with E-state index in [1.54, 1.807) is 0 Å². The second-order valence-corrected chi connectivity index (χ2v) is 10.5. The van der Waals surface area contributed by atoms with Crippen LogP contribution < -0.4 is 9.47 Å². The molecule has 0 spiro atoms. The predicted molar refractivity (Wildman–Crippen MR) is 109 cm³/mol. The maximum Gasteiger partial charge on any atom is 0.341 e. The van der Waals surface area contributed by atoms with Gasteiger partial charge >= 0.3 is 5.97 Å². The lowest BCUT2D eigenvalue weighted by atomic mass is 10.2. The first kappa shape index (κ1) is 33.8. The van der Waals surface area contributed by atoms with Crippen molar-refractivity contribution in [1.82, 2.24) is 0 Å². The molecule has 0 heterocycles. The molecule has 1 aromatic carbocycles. The Kier molecular flexibility index (Phi) is 12.2. The number of ether oxygens (including phenoxy) is 3. The third-order valence-electron chi connectivity index (χ3n) is 3.52. The number of hydrogen-bond donors (Lipinski definition) is 0. The molecule has 0 radical (unpaired) electrons. The van der Waals surface area contributed by atoms with Crippen LogP contribution in [-0.4, -0.2) is 104 Å². The fraction of sp³-hybridized carbons (Fsp3) is 0.500. The van der Waals surface area contributed by atoms with Crippen molar-refractivity contribution in [1.29, 1.82) is 0 Å². The smallest absolute Gasteiger partial charge is 0.341 e. The number of carbonyl (C=O) groups is 1. The van der Waals surface area contributed by atoms with Crippen molar-refractivity contribution in [2.24, 2.45) is 0 Å². The average molecular weight is 633 g/mol. The SMILES string of the molecule is COC(=O)c1cc(OC[C@H](COS(=O)(=O)[O-])OS(=O)(=O)[O-])ccc1OC[C@@H](COS(=O)(=O)[O-])OS(=O)(=O)[O-]. The zero-order valence-electron chi connectivity index (χ0n) is 18.5. The van der Waals surface area contributed by atoms with Crippen molar-refractivity contribution in [3.63, 3.8) is 0 Å². The Balaban J connectivity index is 3.09. The van der Waals surface area contributed by atoms with Gasteiger partial charge in [0.15, 0.2) is 0 Å². The van der Waals surface area contributed by atoms with Crippen molar-refractivity contribution in [3.05, 3.63) is 23.8 Å². The van der Waals surface area contributed by atoms with E-state index in [0.29, 0.717) is 0 Å². The van der Waals surface area contributed by atoms with Crippen molar-refractivity contribution in [2.45, 2.75) is 12.2 Å². The first-order valence-electron chi connectivity index (χ1n) is 9.14. The predicted octanol–water partition coefficient (Wildman–Crippen LogP) is -3.12. The highest BCUT2D eigenvalue weighted by molar-refractivity contribution is 7.81. The van der Waals surface area contributed by atoms with Crippen LogP contribution in [0.3, 0.4) is 0 Å². The second kappa shape index (κ2) is 13.7. The number of esters is 1. The number of hydrogen-bond acceptors (Lipinski definition) is 20. The van der Waals surface area contributed by atoms with E-state index in [9.17, 15) is 56.7 Å². The molecule has 220 valence electrons. The molecule has 38 heavy (non-hydrogen) atoms. The number of methoxy groups -OCH3 is 1. The van der Waals surface area contributed by atoms with Gasteiger partial charge in [0, 0.05) is 0 Å². The first-order valence-corrected chi connectivity index (χ1v) is 14.5. The van der Waals surface area contributed by atoms with Gasteiger partial charge in [-0.05, 0) is 18.2 Å². The summed E-state index contributed by atoms with van der Waals surface area (Å²) in [6, 6.07) is 2.87. The molecule has 0 aliphatic rings. The Morgan fingerprint density at radius 2 is 1.16 bits per heavy atom. The van der Waals surface area contributed by atoms with E-state index in [1.165, 1.54) is 0 Å².